The lowest BCUT2D eigenvalue weighted by Crippen LogP contribution is -2.59. The minimum absolute atomic E-state index is 0.0291. The van der Waals surface area contributed by atoms with Crippen LogP contribution in [0.25, 0.3) is 10.8 Å². The smallest absolute Gasteiger partial charge is 0.259 e. The molecule has 6 heteroatoms. The van der Waals surface area contributed by atoms with Crippen LogP contribution in [0.2, 0.25) is 0 Å². The molecule has 3 aromatic rings. The number of pyridine rings is 1. The number of rotatable bonds is 2. The predicted molar refractivity (Wildman–Crippen MR) is 131 cm³/mol. The molecule has 0 N–H and O–H groups in total. The van der Waals surface area contributed by atoms with Crippen LogP contribution in [-0.4, -0.2) is 27.4 Å². The molecule has 0 unspecified atom stereocenters. The van der Waals surface area contributed by atoms with E-state index in [2.05, 4.69) is 26.5 Å². The van der Waals surface area contributed by atoms with Gasteiger partial charge in [0.2, 0.25) is 11.8 Å². The number of hydrogen-bond acceptors (Lipinski definition) is 3. The average molecular weight is 454 g/mol. The maximum Gasteiger partial charge on any atom is 0.259 e. The molecule has 0 saturated carbocycles. The van der Waals surface area contributed by atoms with Crippen LogP contribution in [0.4, 0.5) is 5.69 Å². The van der Waals surface area contributed by atoms with Gasteiger partial charge in [-0.15, -0.1) is 6.58 Å². The van der Waals surface area contributed by atoms with Crippen LogP contribution in [0.5, 0.6) is 0 Å². The zero-order valence-electron chi connectivity index (χ0n) is 19.6. The van der Waals surface area contributed by atoms with E-state index in [0.717, 1.165) is 22.3 Å². The molecule has 4 heterocycles. The minimum atomic E-state index is -0.561. The monoisotopic (exact) mass is 453 g/mol. The van der Waals surface area contributed by atoms with Gasteiger partial charge in [-0.05, 0) is 41.0 Å². The number of hydrogen-bond donors (Lipinski definition) is 0. The number of nitrogens with zero attached hydrogens (tertiary/aromatic N) is 3. The van der Waals surface area contributed by atoms with E-state index in [1.165, 1.54) is 0 Å². The molecule has 0 spiro atoms. The van der Waals surface area contributed by atoms with Crippen molar-refractivity contribution in [2.24, 2.45) is 5.41 Å². The lowest BCUT2D eigenvalue weighted by molar-refractivity contribution is -0.138. The number of aromatic nitrogens is 1. The maximum absolute atomic E-state index is 13.7. The van der Waals surface area contributed by atoms with Gasteiger partial charge in [0.1, 0.15) is 12.7 Å². The van der Waals surface area contributed by atoms with Crippen molar-refractivity contribution >= 4 is 28.3 Å². The van der Waals surface area contributed by atoms with Gasteiger partial charge in [-0.1, -0.05) is 56.3 Å². The van der Waals surface area contributed by atoms with E-state index in [-0.39, 0.29) is 30.0 Å². The van der Waals surface area contributed by atoms with Crippen molar-refractivity contribution in [3.05, 3.63) is 88.9 Å². The third-order valence-electron chi connectivity index (χ3n) is 8.42. The molecule has 6 rings (SSSR count). The molecule has 0 aliphatic carbocycles. The Morgan fingerprint density at radius 1 is 1.12 bits per heavy atom. The Balaban J connectivity index is 1.67. The van der Waals surface area contributed by atoms with Crippen molar-refractivity contribution in [1.82, 2.24) is 9.47 Å². The molecule has 2 amide bonds. The lowest BCUT2D eigenvalue weighted by Gasteiger charge is -2.45. The van der Waals surface area contributed by atoms with Crippen molar-refractivity contribution in [3.63, 3.8) is 0 Å². The number of fused-ring (bicyclic) bond motifs is 8. The highest BCUT2D eigenvalue weighted by Gasteiger charge is 2.68. The highest BCUT2D eigenvalue weighted by molar-refractivity contribution is 5.97. The zero-order valence-corrected chi connectivity index (χ0v) is 19.6. The Labute approximate surface area is 198 Å². The van der Waals surface area contributed by atoms with Gasteiger partial charge in [0, 0.05) is 29.1 Å². The summed E-state index contributed by atoms with van der Waals surface area (Å²) in [6, 6.07) is 17.2. The van der Waals surface area contributed by atoms with Crippen LogP contribution in [0.3, 0.4) is 0 Å². The largest absolute Gasteiger partial charge is 0.311 e. The molecule has 3 aliphatic rings. The standard InChI is InChI=1S/C28H27N3O3/c1-5-27(3,4)28-15-23-22-14-18-10-6-7-11-19(18)25(34)29(22)16-24(33)31(23)26(28)30(17(2)32)21-13-9-8-12-20(21)28/h5-14,23,26H,1,15-16H2,2-4H3/t23-,26-,28+/m0/s1. The number of para-hydroxylation sites is 1. The molecule has 3 atom stereocenters. The van der Waals surface area contributed by atoms with Crippen molar-refractivity contribution < 1.29 is 9.59 Å². The lowest BCUT2D eigenvalue weighted by atomic mass is 9.60. The molecule has 1 fully saturated rings. The SMILES string of the molecule is C=CC(C)(C)[C@@]12C[C@H]3c4cc5ccccc5c(=O)n4CC(=O)N3[C@@H]1N(C(C)=O)c1ccccc12. The third-order valence-corrected chi connectivity index (χ3v) is 8.42. The summed E-state index contributed by atoms with van der Waals surface area (Å²) in [5.41, 5.74) is 1.60. The molecule has 0 radical (unpaired) electrons. The van der Waals surface area contributed by atoms with Gasteiger partial charge in [-0.3, -0.25) is 19.3 Å². The number of benzene rings is 2. The quantitative estimate of drug-likeness (QED) is 0.548. The van der Waals surface area contributed by atoms with Gasteiger partial charge in [0.25, 0.3) is 5.56 Å². The number of anilines is 1. The Morgan fingerprint density at radius 3 is 2.56 bits per heavy atom. The van der Waals surface area contributed by atoms with Crippen molar-refractivity contribution in [3.8, 4) is 0 Å². The van der Waals surface area contributed by atoms with E-state index < -0.39 is 17.0 Å². The van der Waals surface area contributed by atoms with Crippen LogP contribution in [0, 0.1) is 5.41 Å². The van der Waals surface area contributed by atoms with Crippen LogP contribution in [-0.2, 0) is 21.5 Å². The van der Waals surface area contributed by atoms with Gasteiger partial charge in [-0.25, -0.2) is 0 Å². The number of allylic oxidation sites excluding steroid dienone is 1. The first-order valence-electron chi connectivity index (χ1n) is 11.7. The molecule has 172 valence electrons. The van der Waals surface area contributed by atoms with E-state index >= 15 is 0 Å². The normalized spacial score (nSPS) is 25.1. The van der Waals surface area contributed by atoms with E-state index in [1.807, 2.05) is 53.4 Å². The fourth-order valence-electron chi connectivity index (χ4n) is 6.70. The second-order valence-electron chi connectivity index (χ2n) is 10.2. The first-order chi connectivity index (χ1) is 16.2. The Morgan fingerprint density at radius 2 is 1.82 bits per heavy atom. The summed E-state index contributed by atoms with van der Waals surface area (Å²) >= 11 is 0. The summed E-state index contributed by atoms with van der Waals surface area (Å²) in [6.07, 6.45) is 2.06. The summed E-state index contributed by atoms with van der Waals surface area (Å²) < 4.78 is 1.63. The number of carbonyl (C=O) groups is 2. The first kappa shape index (κ1) is 20.9. The molecular formula is C28H27N3O3. The Kier molecular flexibility index (Phi) is 4.11. The highest BCUT2D eigenvalue weighted by atomic mass is 16.2. The zero-order chi connectivity index (χ0) is 24.0. The van der Waals surface area contributed by atoms with E-state index in [0.29, 0.717) is 11.8 Å². The number of amides is 2. The topological polar surface area (TPSA) is 62.6 Å². The third kappa shape index (κ3) is 2.33. The van der Waals surface area contributed by atoms with Gasteiger partial charge in [0.15, 0.2) is 0 Å². The molecule has 0 bridgehead atoms. The Hall–Kier alpha value is -3.67. The summed E-state index contributed by atoms with van der Waals surface area (Å²) in [5.74, 6) is -0.241. The summed E-state index contributed by atoms with van der Waals surface area (Å²) in [4.78, 5) is 43.8. The molecular weight excluding hydrogens is 426 g/mol. The van der Waals surface area contributed by atoms with Crippen LogP contribution >= 0.6 is 0 Å². The van der Waals surface area contributed by atoms with Gasteiger partial charge >= 0.3 is 0 Å². The van der Waals surface area contributed by atoms with Crippen LogP contribution in [0.1, 0.15) is 44.5 Å². The second kappa shape index (κ2) is 6.69. The van der Waals surface area contributed by atoms with Crippen molar-refractivity contribution in [2.75, 3.05) is 4.90 Å². The first-order valence-corrected chi connectivity index (χ1v) is 11.7. The van der Waals surface area contributed by atoms with Gasteiger partial charge in [0.05, 0.1) is 6.04 Å². The number of carbonyl (C=O) groups excluding carboxylic acids is 2. The predicted octanol–water partition coefficient (Wildman–Crippen LogP) is 4.13. The fraction of sp³-hybridized carbons (Fsp3) is 0.321. The average Bonchev–Trinajstić information content (AvgIpc) is 3.32. The summed E-state index contributed by atoms with van der Waals surface area (Å²) in [5, 5.41) is 1.48. The van der Waals surface area contributed by atoms with E-state index in [1.54, 1.807) is 22.5 Å². The molecule has 6 nitrogen and oxygen atoms in total. The van der Waals surface area contributed by atoms with E-state index in [9.17, 15) is 14.4 Å². The van der Waals surface area contributed by atoms with Crippen molar-refractivity contribution in [1.29, 1.82) is 0 Å². The molecule has 1 aromatic heterocycles. The van der Waals surface area contributed by atoms with Gasteiger partial charge in [-0.2, -0.15) is 0 Å². The summed E-state index contributed by atoms with van der Waals surface area (Å²) in [6.45, 7) is 9.93. The van der Waals surface area contributed by atoms with E-state index in [4.69, 9.17) is 0 Å². The molecule has 1 saturated heterocycles. The van der Waals surface area contributed by atoms with Crippen LogP contribution < -0.4 is 10.5 Å². The minimum Gasteiger partial charge on any atom is -0.311 e. The van der Waals surface area contributed by atoms with Crippen molar-refractivity contribution in [2.45, 2.75) is 51.4 Å². The molecule has 34 heavy (non-hydrogen) atoms. The molecule has 3 aliphatic heterocycles. The summed E-state index contributed by atoms with van der Waals surface area (Å²) in [7, 11) is 0. The van der Waals surface area contributed by atoms with Crippen LogP contribution in [0.15, 0.2) is 72.0 Å². The fourth-order valence-corrected chi connectivity index (χ4v) is 6.70. The maximum atomic E-state index is 13.7. The Bertz CT molecular complexity index is 1470. The molecule has 2 aromatic carbocycles. The van der Waals surface area contributed by atoms with Gasteiger partial charge < -0.3 is 9.47 Å². The second-order valence-corrected chi connectivity index (χ2v) is 10.2. The highest BCUT2D eigenvalue weighted by Crippen LogP contribution is 2.65.